The number of carbonyl (C=O) groups is 1. The van der Waals surface area contributed by atoms with Crippen molar-refractivity contribution in [3.8, 4) is 5.75 Å². The molecular formula is C14H17O2+. The molecule has 0 N–H and O–H groups in total. The highest BCUT2D eigenvalue weighted by molar-refractivity contribution is 6.25. The lowest BCUT2D eigenvalue weighted by atomic mass is 9.98. The number of ketones is 1. The molecule has 1 aromatic carbocycles. The Morgan fingerprint density at radius 3 is 3.00 bits per heavy atom. The van der Waals surface area contributed by atoms with Crippen LogP contribution in [-0.4, -0.2) is 12.1 Å². The van der Waals surface area contributed by atoms with Crippen LogP contribution < -0.4 is 0 Å². The maximum atomic E-state index is 10.7. The molecule has 1 aliphatic heterocycles. The van der Waals surface area contributed by atoms with E-state index in [-0.39, 0.29) is 0 Å². The number of para-hydroxylation sites is 1. The molecule has 0 atom stereocenters. The Bertz CT molecular complexity index is 419. The number of unbranched alkanes of at least 4 members (excludes halogenated alkanes) is 1. The van der Waals surface area contributed by atoms with Crippen molar-refractivity contribution in [2.24, 2.45) is 0 Å². The molecule has 1 aromatic rings. The minimum atomic E-state index is 0.566. The number of fused-ring (bicyclic) bond motifs is 1. The fourth-order valence-electron chi connectivity index (χ4n) is 2.05. The molecule has 2 nitrogen and oxygen atoms in total. The zero-order chi connectivity index (χ0) is 11.4. The summed E-state index contributed by atoms with van der Waals surface area (Å²) in [5.74, 6) is 1.50. The molecule has 2 rings (SSSR count). The first-order valence-electron chi connectivity index (χ1n) is 5.94. The summed E-state index contributed by atoms with van der Waals surface area (Å²) in [6, 6.07) is 6.27. The van der Waals surface area contributed by atoms with Crippen LogP contribution in [0.25, 0.3) is 0 Å². The summed E-state index contributed by atoms with van der Waals surface area (Å²) in [5, 5.41) is 0. The summed E-state index contributed by atoms with van der Waals surface area (Å²) in [6.45, 7) is 2.18. The van der Waals surface area contributed by atoms with Gasteiger partial charge in [0.05, 0.1) is 17.5 Å². The molecule has 0 unspecified atom stereocenters. The Labute approximate surface area is 96.0 Å². The maximum Gasteiger partial charge on any atom is 0.369 e. The number of benzene rings is 1. The van der Waals surface area contributed by atoms with Gasteiger partial charge in [0.25, 0.3) is 0 Å². The van der Waals surface area contributed by atoms with Gasteiger partial charge in [0.2, 0.25) is 6.29 Å². The van der Waals surface area contributed by atoms with Crippen molar-refractivity contribution in [2.75, 3.05) is 0 Å². The molecule has 2 heteroatoms. The van der Waals surface area contributed by atoms with Crippen molar-refractivity contribution in [3.05, 3.63) is 29.3 Å². The van der Waals surface area contributed by atoms with Gasteiger partial charge < -0.3 is 0 Å². The number of carbonyl (C=O) groups excluding carboxylic acids is 2. The topological polar surface area (TPSA) is 28.4 Å². The first kappa shape index (κ1) is 11.1. The Hall–Kier alpha value is -1.44. The van der Waals surface area contributed by atoms with E-state index in [0.29, 0.717) is 5.78 Å². The minimum Gasteiger partial charge on any atom is -0.288 e. The summed E-state index contributed by atoms with van der Waals surface area (Å²) < 4.78 is 5.66. The minimum absolute atomic E-state index is 0.566. The molecular weight excluding hydrogens is 200 g/mol. The van der Waals surface area contributed by atoms with Crippen molar-refractivity contribution in [3.63, 3.8) is 0 Å². The Balaban J connectivity index is 2.35. The maximum absolute atomic E-state index is 10.7. The zero-order valence-electron chi connectivity index (χ0n) is 9.66. The van der Waals surface area contributed by atoms with Crippen LogP contribution in [0.5, 0.6) is 5.75 Å². The first-order chi connectivity index (χ1) is 7.85. The van der Waals surface area contributed by atoms with E-state index in [1.807, 2.05) is 0 Å². The highest BCUT2D eigenvalue weighted by atomic mass is 16.4. The smallest absolute Gasteiger partial charge is 0.288 e. The van der Waals surface area contributed by atoms with Gasteiger partial charge in [-0.15, -0.1) is 0 Å². The molecule has 0 spiro atoms. The van der Waals surface area contributed by atoms with Crippen molar-refractivity contribution in [1.29, 1.82) is 0 Å². The predicted octanol–water partition coefficient (Wildman–Crippen LogP) is 2.99. The number of rotatable bonds is 4. The fraction of sp³-hybridized carbons (Fsp3) is 0.429. The average Bonchev–Trinajstić information content (AvgIpc) is 2.35. The molecule has 0 bridgehead atoms. The second kappa shape index (κ2) is 5.06. The van der Waals surface area contributed by atoms with Crippen LogP contribution in [0.15, 0.2) is 18.2 Å². The van der Waals surface area contributed by atoms with Crippen molar-refractivity contribution in [1.82, 2.24) is 0 Å². The molecule has 0 amide bonds. The Morgan fingerprint density at radius 2 is 2.25 bits per heavy atom. The van der Waals surface area contributed by atoms with Gasteiger partial charge in [-0.1, -0.05) is 19.4 Å². The van der Waals surface area contributed by atoms with Crippen LogP contribution in [0.2, 0.25) is 0 Å². The van der Waals surface area contributed by atoms with Crippen LogP contribution in [0, 0.1) is 0 Å². The third-order valence-corrected chi connectivity index (χ3v) is 2.98. The summed E-state index contributed by atoms with van der Waals surface area (Å²) in [4.78, 5) is 10.7. The van der Waals surface area contributed by atoms with E-state index in [0.717, 1.165) is 37.7 Å². The molecule has 0 saturated heterocycles. The second-order valence-electron chi connectivity index (χ2n) is 4.20. The number of aldehydes is 1. The van der Waals surface area contributed by atoms with Crippen LogP contribution in [0.3, 0.4) is 0 Å². The van der Waals surface area contributed by atoms with E-state index in [2.05, 4.69) is 25.1 Å². The summed E-state index contributed by atoms with van der Waals surface area (Å²) in [6.07, 6.45) is 5.85. The lowest BCUT2D eigenvalue weighted by molar-refractivity contribution is -0.370. The second-order valence-corrected chi connectivity index (χ2v) is 4.20. The van der Waals surface area contributed by atoms with E-state index < -0.39 is 0 Å². The molecule has 0 saturated carbocycles. The van der Waals surface area contributed by atoms with E-state index in [4.69, 9.17) is 4.42 Å². The molecule has 0 aromatic heterocycles. The normalized spacial score (nSPS) is 14.2. The lowest BCUT2D eigenvalue weighted by Crippen LogP contribution is -2.10. The van der Waals surface area contributed by atoms with Gasteiger partial charge in [0.15, 0.2) is 0 Å². The number of aryl methyl sites for hydroxylation is 2. The van der Waals surface area contributed by atoms with E-state index in [9.17, 15) is 4.79 Å². The standard InChI is InChI=1S/C14H17O2/c1-2-3-5-11-6-4-7-12-8-9-13(10-15)16-14(11)12/h4,6-7,10H,2-3,5,8-9H2,1H3/q+1. The summed E-state index contributed by atoms with van der Waals surface area (Å²) in [7, 11) is 0. The Morgan fingerprint density at radius 1 is 1.38 bits per heavy atom. The molecule has 0 aliphatic carbocycles. The first-order valence-corrected chi connectivity index (χ1v) is 5.94. The Kier molecular flexibility index (Phi) is 3.50. The van der Waals surface area contributed by atoms with Gasteiger partial charge >= 0.3 is 11.5 Å². The van der Waals surface area contributed by atoms with E-state index in [1.54, 1.807) is 0 Å². The number of hydrogen-bond acceptors (Lipinski definition) is 1. The van der Waals surface area contributed by atoms with E-state index >= 15 is 0 Å². The predicted molar refractivity (Wildman–Crippen MR) is 63.9 cm³/mol. The van der Waals surface area contributed by atoms with Gasteiger partial charge in [0, 0.05) is 0 Å². The largest absolute Gasteiger partial charge is 0.369 e. The third-order valence-electron chi connectivity index (χ3n) is 2.98. The SMILES string of the molecule is CCCCc1cccc2c1[O+]=C(C=O)CC2. The molecule has 1 heterocycles. The van der Waals surface area contributed by atoms with Gasteiger partial charge in [-0.3, -0.25) is 4.79 Å². The van der Waals surface area contributed by atoms with Crippen molar-refractivity contribution < 1.29 is 9.22 Å². The lowest BCUT2D eigenvalue weighted by Gasteiger charge is -2.06. The monoisotopic (exact) mass is 217 g/mol. The van der Waals surface area contributed by atoms with Crippen LogP contribution in [0.1, 0.15) is 37.3 Å². The van der Waals surface area contributed by atoms with Gasteiger partial charge in [-0.05, 0) is 31.4 Å². The molecule has 16 heavy (non-hydrogen) atoms. The highest BCUT2D eigenvalue weighted by Gasteiger charge is 2.26. The summed E-state index contributed by atoms with van der Waals surface area (Å²) >= 11 is 0. The van der Waals surface area contributed by atoms with E-state index in [1.165, 1.54) is 17.5 Å². The quantitative estimate of drug-likeness (QED) is 0.433. The van der Waals surface area contributed by atoms with Gasteiger partial charge in [0.1, 0.15) is 0 Å². The van der Waals surface area contributed by atoms with Crippen LogP contribution in [-0.2, 0) is 22.1 Å². The molecule has 0 fully saturated rings. The average molecular weight is 217 g/mol. The number of hydrogen-bond donors (Lipinski definition) is 0. The van der Waals surface area contributed by atoms with Crippen molar-refractivity contribution in [2.45, 2.75) is 39.0 Å². The molecule has 84 valence electrons. The highest BCUT2D eigenvalue weighted by Crippen LogP contribution is 2.29. The molecule has 1 aliphatic rings. The zero-order valence-corrected chi connectivity index (χ0v) is 9.66. The fourth-order valence-corrected chi connectivity index (χ4v) is 2.05. The van der Waals surface area contributed by atoms with Crippen LogP contribution in [0.4, 0.5) is 0 Å². The molecule has 0 radical (unpaired) electrons. The summed E-state index contributed by atoms with van der Waals surface area (Å²) in [5.41, 5.74) is 2.47. The van der Waals surface area contributed by atoms with Gasteiger partial charge in [-0.25, -0.2) is 4.42 Å². The van der Waals surface area contributed by atoms with Crippen LogP contribution >= 0.6 is 0 Å². The third kappa shape index (κ3) is 2.21. The van der Waals surface area contributed by atoms with Crippen molar-refractivity contribution >= 4 is 12.1 Å². The van der Waals surface area contributed by atoms with Gasteiger partial charge in [-0.2, -0.15) is 0 Å².